The molecule has 1 aromatic rings. The molecule has 1 saturated heterocycles. The van der Waals surface area contributed by atoms with Crippen LogP contribution < -0.4 is 0 Å². The van der Waals surface area contributed by atoms with Crippen LogP contribution in [0.3, 0.4) is 0 Å². The molecule has 7 heteroatoms. The molecule has 98 valence electrons. The SMILES string of the molecule is O=C(O)C1(n2nnnc2C2CCCCS2)CCC1. The van der Waals surface area contributed by atoms with Gasteiger partial charge in [-0.05, 0) is 48.3 Å². The van der Waals surface area contributed by atoms with E-state index in [1.807, 2.05) is 11.8 Å². The lowest BCUT2D eigenvalue weighted by atomic mass is 9.77. The van der Waals surface area contributed by atoms with Gasteiger partial charge in [0.25, 0.3) is 0 Å². The standard InChI is InChI=1S/C11H16N4O2S/c16-10(17)11(5-3-6-11)15-9(12-13-14-15)8-4-1-2-7-18-8/h8H,1-7H2,(H,16,17). The summed E-state index contributed by atoms with van der Waals surface area (Å²) in [5.74, 6) is 1.06. The number of carboxylic acid groups (broad SMARTS) is 1. The van der Waals surface area contributed by atoms with Gasteiger partial charge in [0.1, 0.15) is 0 Å². The van der Waals surface area contributed by atoms with Crippen molar-refractivity contribution in [2.45, 2.75) is 49.3 Å². The summed E-state index contributed by atoms with van der Waals surface area (Å²) >= 11 is 1.84. The minimum absolute atomic E-state index is 0.255. The van der Waals surface area contributed by atoms with Crippen molar-refractivity contribution in [2.24, 2.45) is 0 Å². The maximum Gasteiger partial charge on any atom is 0.331 e. The maximum atomic E-state index is 11.5. The molecule has 1 saturated carbocycles. The zero-order valence-electron chi connectivity index (χ0n) is 10.1. The van der Waals surface area contributed by atoms with Crippen LogP contribution in [0.1, 0.15) is 49.6 Å². The summed E-state index contributed by atoms with van der Waals surface area (Å²) in [6.45, 7) is 0. The molecule has 1 unspecified atom stereocenters. The van der Waals surface area contributed by atoms with Crippen molar-refractivity contribution in [1.82, 2.24) is 20.2 Å². The molecule has 6 nitrogen and oxygen atoms in total. The molecule has 0 radical (unpaired) electrons. The quantitative estimate of drug-likeness (QED) is 0.896. The number of carbonyl (C=O) groups is 1. The van der Waals surface area contributed by atoms with Gasteiger partial charge in [-0.1, -0.05) is 6.42 Å². The second kappa shape index (κ2) is 4.53. The van der Waals surface area contributed by atoms with Gasteiger partial charge in [-0.15, -0.1) is 5.10 Å². The highest BCUT2D eigenvalue weighted by molar-refractivity contribution is 7.99. The molecule has 0 amide bonds. The van der Waals surface area contributed by atoms with Crippen molar-refractivity contribution >= 4 is 17.7 Å². The Morgan fingerprint density at radius 1 is 1.39 bits per heavy atom. The average molecular weight is 268 g/mol. The van der Waals surface area contributed by atoms with Crippen LogP contribution in [0.4, 0.5) is 0 Å². The Labute approximate surface area is 109 Å². The van der Waals surface area contributed by atoms with E-state index in [2.05, 4.69) is 15.5 Å². The van der Waals surface area contributed by atoms with Gasteiger partial charge >= 0.3 is 5.97 Å². The fourth-order valence-corrected chi connectivity index (χ4v) is 3.96. The van der Waals surface area contributed by atoms with E-state index in [-0.39, 0.29) is 5.25 Å². The normalized spacial score (nSPS) is 26.6. The Kier molecular flexibility index (Phi) is 3.01. The topological polar surface area (TPSA) is 80.9 Å². The minimum atomic E-state index is -0.878. The number of carboxylic acids is 1. The van der Waals surface area contributed by atoms with Crippen LogP contribution in [0.15, 0.2) is 0 Å². The second-order valence-electron chi connectivity index (χ2n) is 4.99. The van der Waals surface area contributed by atoms with E-state index in [1.54, 1.807) is 4.68 Å². The van der Waals surface area contributed by atoms with Crippen LogP contribution >= 0.6 is 11.8 Å². The van der Waals surface area contributed by atoms with Crippen molar-refractivity contribution in [1.29, 1.82) is 0 Å². The highest BCUT2D eigenvalue weighted by Crippen LogP contribution is 2.43. The average Bonchev–Trinajstić information content (AvgIpc) is 2.77. The van der Waals surface area contributed by atoms with Crippen LogP contribution in [0.5, 0.6) is 0 Å². The molecular formula is C11H16N4O2S. The number of hydrogen-bond donors (Lipinski definition) is 1. The highest BCUT2D eigenvalue weighted by Gasteiger charge is 2.49. The predicted molar refractivity (Wildman–Crippen MR) is 66.3 cm³/mol. The third-order valence-electron chi connectivity index (χ3n) is 3.95. The molecule has 1 N–H and O–H groups in total. The summed E-state index contributed by atoms with van der Waals surface area (Å²) in [4.78, 5) is 11.5. The van der Waals surface area contributed by atoms with Crippen LogP contribution in [0.25, 0.3) is 0 Å². The number of rotatable bonds is 3. The lowest BCUT2D eigenvalue weighted by Gasteiger charge is -2.38. The Bertz CT molecular complexity index is 452. The molecule has 2 aliphatic rings. The van der Waals surface area contributed by atoms with Crippen LogP contribution in [-0.4, -0.2) is 37.0 Å². The largest absolute Gasteiger partial charge is 0.479 e. The first kappa shape index (κ1) is 12.0. The van der Waals surface area contributed by atoms with Gasteiger partial charge in [0.15, 0.2) is 11.4 Å². The number of nitrogens with zero attached hydrogens (tertiary/aromatic N) is 4. The Balaban J connectivity index is 1.93. The summed E-state index contributed by atoms with van der Waals surface area (Å²) in [7, 11) is 0. The highest BCUT2D eigenvalue weighted by atomic mass is 32.2. The molecule has 0 spiro atoms. The summed E-state index contributed by atoms with van der Waals surface area (Å²) < 4.78 is 1.59. The van der Waals surface area contributed by atoms with E-state index in [0.29, 0.717) is 12.8 Å². The zero-order chi connectivity index (χ0) is 12.6. The predicted octanol–water partition coefficient (Wildman–Crippen LogP) is 1.60. The number of aliphatic carboxylic acids is 1. The van der Waals surface area contributed by atoms with E-state index >= 15 is 0 Å². The third kappa shape index (κ3) is 1.72. The number of hydrogen-bond acceptors (Lipinski definition) is 5. The molecule has 1 atom stereocenters. The van der Waals surface area contributed by atoms with Crippen molar-refractivity contribution < 1.29 is 9.90 Å². The van der Waals surface area contributed by atoms with Crippen LogP contribution in [-0.2, 0) is 10.3 Å². The van der Waals surface area contributed by atoms with Gasteiger partial charge in [-0.25, -0.2) is 9.48 Å². The number of thioether (sulfide) groups is 1. The van der Waals surface area contributed by atoms with Gasteiger partial charge in [-0.2, -0.15) is 11.8 Å². The first-order chi connectivity index (χ1) is 8.74. The summed E-state index contributed by atoms with van der Waals surface area (Å²) in [6.07, 6.45) is 5.65. The van der Waals surface area contributed by atoms with Crippen molar-refractivity contribution in [3.63, 3.8) is 0 Å². The van der Waals surface area contributed by atoms with E-state index in [0.717, 1.165) is 24.4 Å². The van der Waals surface area contributed by atoms with Gasteiger partial charge in [0.05, 0.1) is 5.25 Å². The monoisotopic (exact) mass is 268 g/mol. The van der Waals surface area contributed by atoms with Gasteiger partial charge in [-0.3, -0.25) is 0 Å². The molecular weight excluding hydrogens is 252 g/mol. The fraction of sp³-hybridized carbons (Fsp3) is 0.818. The smallest absolute Gasteiger partial charge is 0.331 e. The zero-order valence-corrected chi connectivity index (χ0v) is 10.9. The van der Waals surface area contributed by atoms with Gasteiger partial charge in [0, 0.05) is 0 Å². The van der Waals surface area contributed by atoms with Crippen molar-refractivity contribution in [3.05, 3.63) is 5.82 Å². The molecule has 3 rings (SSSR count). The van der Waals surface area contributed by atoms with E-state index < -0.39 is 11.5 Å². The van der Waals surface area contributed by atoms with E-state index in [9.17, 15) is 9.90 Å². The number of aromatic nitrogens is 4. The third-order valence-corrected chi connectivity index (χ3v) is 5.32. The molecule has 2 heterocycles. The van der Waals surface area contributed by atoms with Crippen LogP contribution in [0, 0.1) is 0 Å². The molecule has 0 aromatic carbocycles. The van der Waals surface area contributed by atoms with E-state index in [1.165, 1.54) is 12.8 Å². The van der Waals surface area contributed by atoms with Gasteiger partial charge < -0.3 is 5.11 Å². The Morgan fingerprint density at radius 2 is 2.22 bits per heavy atom. The van der Waals surface area contributed by atoms with Crippen molar-refractivity contribution in [3.8, 4) is 0 Å². The molecule has 2 fully saturated rings. The molecule has 1 aliphatic carbocycles. The second-order valence-corrected chi connectivity index (χ2v) is 6.31. The molecule has 1 aromatic heterocycles. The van der Waals surface area contributed by atoms with Crippen molar-refractivity contribution in [2.75, 3.05) is 5.75 Å². The summed E-state index contributed by atoms with van der Waals surface area (Å²) in [5, 5.41) is 21.5. The molecule has 0 bridgehead atoms. The first-order valence-corrected chi connectivity index (χ1v) is 7.43. The molecule has 18 heavy (non-hydrogen) atoms. The Morgan fingerprint density at radius 3 is 2.78 bits per heavy atom. The lowest BCUT2D eigenvalue weighted by molar-refractivity contribution is -0.153. The minimum Gasteiger partial charge on any atom is -0.479 e. The summed E-state index contributed by atoms with van der Waals surface area (Å²) in [5.41, 5.74) is -0.878. The fourth-order valence-electron chi connectivity index (χ4n) is 2.67. The number of tetrazole rings is 1. The first-order valence-electron chi connectivity index (χ1n) is 6.38. The Hall–Kier alpha value is -1.11. The summed E-state index contributed by atoms with van der Waals surface area (Å²) in [6, 6.07) is 0. The van der Waals surface area contributed by atoms with Gasteiger partial charge in [0.2, 0.25) is 0 Å². The van der Waals surface area contributed by atoms with Crippen LogP contribution in [0.2, 0.25) is 0 Å². The maximum absolute atomic E-state index is 11.5. The lowest BCUT2D eigenvalue weighted by Crippen LogP contribution is -2.49. The van der Waals surface area contributed by atoms with E-state index in [4.69, 9.17) is 0 Å². The molecule has 1 aliphatic heterocycles.